The quantitative estimate of drug-likeness (QED) is 0.412. The van der Waals surface area contributed by atoms with E-state index in [9.17, 15) is 40.3 Å². The minimum atomic E-state index is -5.09. The molecule has 190 valence electrons. The minimum absolute atomic E-state index is 0.0556. The molecule has 2 aromatic carbocycles. The molecule has 0 unspecified atom stereocenters. The maximum atomic E-state index is 14.7. The van der Waals surface area contributed by atoms with Crippen molar-refractivity contribution >= 4 is 11.7 Å². The highest BCUT2D eigenvalue weighted by atomic mass is 19.4. The lowest BCUT2D eigenvalue weighted by molar-refractivity contribution is -0.176. The van der Waals surface area contributed by atoms with Gasteiger partial charge in [-0.2, -0.15) is 26.3 Å². The predicted molar refractivity (Wildman–Crippen MR) is 114 cm³/mol. The minimum Gasteiger partial charge on any atom is -0.343 e. The van der Waals surface area contributed by atoms with Crippen LogP contribution in [0.2, 0.25) is 0 Å². The standard InChI is InChI=1S/C24H23F7N2O2/c1-32-18-8-10-22(11-9-18,33-21(35)24(29,30)31)13-17-12-16(6-7-19(17)25)14-2-4-15(5-3-14)20(34)23(26,27)28/h2-7,12,18,32H,8-11,13H2,1H3,(H,33,35). The van der Waals surface area contributed by atoms with Gasteiger partial charge in [0.15, 0.2) is 0 Å². The van der Waals surface area contributed by atoms with Gasteiger partial charge in [-0.1, -0.05) is 30.3 Å². The number of hydrogen-bond donors (Lipinski definition) is 2. The fourth-order valence-corrected chi connectivity index (χ4v) is 4.35. The van der Waals surface area contributed by atoms with Gasteiger partial charge >= 0.3 is 18.3 Å². The van der Waals surface area contributed by atoms with E-state index in [0.717, 1.165) is 18.2 Å². The molecule has 35 heavy (non-hydrogen) atoms. The number of benzene rings is 2. The van der Waals surface area contributed by atoms with Gasteiger partial charge in [-0.15, -0.1) is 0 Å². The average Bonchev–Trinajstić information content (AvgIpc) is 2.79. The monoisotopic (exact) mass is 504 g/mol. The molecule has 11 heteroatoms. The van der Waals surface area contributed by atoms with Crippen LogP contribution in [0.25, 0.3) is 11.1 Å². The molecule has 3 rings (SSSR count). The first-order valence-corrected chi connectivity index (χ1v) is 10.8. The first-order chi connectivity index (χ1) is 16.2. The number of rotatable bonds is 6. The molecular formula is C24H23F7N2O2. The molecule has 0 saturated heterocycles. The lowest BCUT2D eigenvalue weighted by Crippen LogP contribution is -2.57. The summed E-state index contributed by atoms with van der Waals surface area (Å²) in [5, 5.41) is 5.13. The Bertz CT molecular complexity index is 1070. The Morgan fingerprint density at radius 3 is 2.00 bits per heavy atom. The molecule has 4 nitrogen and oxygen atoms in total. The van der Waals surface area contributed by atoms with Crippen molar-refractivity contribution in [1.29, 1.82) is 0 Å². The number of ketones is 1. The van der Waals surface area contributed by atoms with E-state index in [1.165, 1.54) is 24.3 Å². The molecule has 1 amide bonds. The lowest BCUT2D eigenvalue weighted by atomic mass is 9.75. The number of carbonyl (C=O) groups excluding carboxylic acids is 2. The van der Waals surface area contributed by atoms with Crippen molar-refractivity contribution in [2.24, 2.45) is 0 Å². The van der Waals surface area contributed by atoms with E-state index in [2.05, 4.69) is 10.6 Å². The molecule has 0 atom stereocenters. The second-order valence-electron chi connectivity index (χ2n) is 8.68. The Hall–Kier alpha value is -2.95. The molecule has 0 spiro atoms. The maximum absolute atomic E-state index is 14.7. The topological polar surface area (TPSA) is 58.2 Å². The summed E-state index contributed by atoms with van der Waals surface area (Å²) in [5.41, 5.74) is -1.03. The third-order valence-electron chi connectivity index (χ3n) is 6.30. The first kappa shape index (κ1) is 26.7. The van der Waals surface area contributed by atoms with E-state index in [4.69, 9.17) is 0 Å². The van der Waals surface area contributed by atoms with Crippen molar-refractivity contribution in [2.75, 3.05) is 7.05 Å². The Balaban J connectivity index is 1.89. The second-order valence-corrected chi connectivity index (χ2v) is 8.68. The molecule has 0 bridgehead atoms. The van der Waals surface area contributed by atoms with Crippen LogP contribution >= 0.6 is 0 Å². The summed E-state index contributed by atoms with van der Waals surface area (Å²) in [5.74, 6) is -4.78. The SMILES string of the molecule is CNC1CCC(Cc2cc(-c3ccc(C(=O)C(F)(F)F)cc3)ccc2F)(NC(=O)C(F)(F)F)CC1. The number of hydrogen-bond acceptors (Lipinski definition) is 3. The highest BCUT2D eigenvalue weighted by molar-refractivity contribution is 6.00. The Morgan fingerprint density at radius 1 is 0.914 bits per heavy atom. The summed E-state index contributed by atoms with van der Waals surface area (Å²) in [6, 6.07) is 8.47. The molecule has 1 aliphatic rings. The summed E-state index contributed by atoms with van der Waals surface area (Å²) in [6.07, 6.45) is -8.98. The van der Waals surface area contributed by atoms with Crippen molar-refractivity contribution in [1.82, 2.24) is 10.6 Å². The van der Waals surface area contributed by atoms with Gasteiger partial charge < -0.3 is 10.6 Å². The van der Waals surface area contributed by atoms with E-state index >= 15 is 0 Å². The number of alkyl halides is 6. The van der Waals surface area contributed by atoms with E-state index in [1.807, 2.05) is 0 Å². The zero-order valence-corrected chi connectivity index (χ0v) is 18.6. The van der Waals surface area contributed by atoms with Crippen LogP contribution in [-0.4, -0.2) is 42.7 Å². The molecule has 0 radical (unpaired) electrons. The highest BCUT2D eigenvalue weighted by Gasteiger charge is 2.45. The number of amides is 1. The molecule has 2 N–H and O–H groups in total. The Morgan fingerprint density at radius 2 is 1.49 bits per heavy atom. The lowest BCUT2D eigenvalue weighted by Gasteiger charge is -2.41. The van der Waals surface area contributed by atoms with Gasteiger partial charge in [-0.05, 0) is 68.0 Å². The number of nitrogens with one attached hydrogen (secondary N) is 2. The Kier molecular flexibility index (Phi) is 7.59. The number of carbonyl (C=O) groups is 2. The van der Waals surface area contributed by atoms with Crippen LogP contribution in [0.4, 0.5) is 30.7 Å². The van der Waals surface area contributed by atoms with Crippen LogP contribution in [0.3, 0.4) is 0 Å². The van der Waals surface area contributed by atoms with Crippen LogP contribution in [0, 0.1) is 5.82 Å². The van der Waals surface area contributed by atoms with Gasteiger partial charge in [-0.25, -0.2) is 4.39 Å². The zero-order valence-electron chi connectivity index (χ0n) is 18.6. The van der Waals surface area contributed by atoms with Gasteiger partial charge in [0.05, 0.1) is 0 Å². The van der Waals surface area contributed by atoms with Crippen molar-refractivity contribution in [3.63, 3.8) is 0 Å². The Labute approximate surface area is 196 Å². The smallest absolute Gasteiger partial charge is 0.343 e. The molecule has 2 aromatic rings. The van der Waals surface area contributed by atoms with Crippen LogP contribution in [0.1, 0.15) is 41.6 Å². The number of halogens is 7. The van der Waals surface area contributed by atoms with E-state index in [1.54, 1.807) is 7.05 Å². The van der Waals surface area contributed by atoms with E-state index in [-0.39, 0.29) is 30.9 Å². The van der Waals surface area contributed by atoms with E-state index < -0.39 is 41.0 Å². The van der Waals surface area contributed by atoms with Crippen LogP contribution < -0.4 is 10.6 Å². The largest absolute Gasteiger partial charge is 0.471 e. The normalized spacial score (nSPS) is 21.0. The summed E-state index contributed by atoms with van der Waals surface area (Å²) >= 11 is 0. The first-order valence-electron chi connectivity index (χ1n) is 10.8. The van der Waals surface area contributed by atoms with Gasteiger partial charge in [0.1, 0.15) is 5.82 Å². The van der Waals surface area contributed by atoms with Crippen molar-refractivity contribution in [3.8, 4) is 11.1 Å². The predicted octanol–water partition coefficient (Wildman–Crippen LogP) is 5.36. The average molecular weight is 504 g/mol. The number of Topliss-reactive ketones (excluding diaryl/α,β-unsaturated/α-hetero) is 1. The zero-order chi connectivity index (χ0) is 26.0. The van der Waals surface area contributed by atoms with E-state index in [0.29, 0.717) is 24.0 Å². The van der Waals surface area contributed by atoms with Crippen LogP contribution in [-0.2, 0) is 11.2 Å². The molecule has 0 aliphatic heterocycles. The van der Waals surface area contributed by atoms with Gasteiger partial charge in [0.2, 0.25) is 0 Å². The molecule has 1 fully saturated rings. The van der Waals surface area contributed by atoms with Crippen molar-refractivity contribution in [3.05, 3.63) is 59.4 Å². The third-order valence-corrected chi connectivity index (χ3v) is 6.30. The summed E-state index contributed by atoms with van der Waals surface area (Å²) in [4.78, 5) is 23.1. The maximum Gasteiger partial charge on any atom is 0.471 e. The fraction of sp³-hybridized carbons (Fsp3) is 0.417. The van der Waals surface area contributed by atoms with Crippen molar-refractivity contribution in [2.45, 2.75) is 56.0 Å². The third kappa shape index (κ3) is 6.39. The molecule has 0 heterocycles. The second kappa shape index (κ2) is 9.96. The summed E-state index contributed by atoms with van der Waals surface area (Å²) in [6.45, 7) is 0. The summed E-state index contributed by atoms with van der Waals surface area (Å²) in [7, 11) is 1.72. The highest BCUT2D eigenvalue weighted by Crippen LogP contribution is 2.35. The van der Waals surface area contributed by atoms with Gasteiger partial charge in [-0.3, -0.25) is 9.59 Å². The molecule has 0 aromatic heterocycles. The van der Waals surface area contributed by atoms with Gasteiger partial charge in [0, 0.05) is 17.1 Å². The molecule has 1 aliphatic carbocycles. The molecule has 1 saturated carbocycles. The fourth-order valence-electron chi connectivity index (χ4n) is 4.35. The van der Waals surface area contributed by atoms with Gasteiger partial charge in [0.25, 0.3) is 5.78 Å². The molecular weight excluding hydrogens is 481 g/mol. The van der Waals surface area contributed by atoms with Crippen LogP contribution in [0.5, 0.6) is 0 Å². The summed E-state index contributed by atoms with van der Waals surface area (Å²) < 4.78 is 91.6. The van der Waals surface area contributed by atoms with Crippen molar-refractivity contribution < 1.29 is 40.3 Å². The van der Waals surface area contributed by atoms with Crippen LogP contribution in [0.15, 0.2) is 42.5 Å².